The molecule has 2 heterocycles. The van der Waals surface area contributed by atoms with Crippen molar-refractivity contribution in [3.05, 3.63) is 51.7 Å². The van der Waals surface area contributed by atoms with Crippen LogP contribution >= 0.6 is 22.9 Å². The van der Waals surface area contributed by atoms with Crippen LogP contribution in [-0.4, -0.2) is 25.3 Å². The summed E-state index contributed by atoms with van der Waals surface area (Å²) in [7, 11) is 0. The molecule has 0 fully saturated rings. The third-order valence-corrected chi connectivity index (χ3v) is 3.72. The number of thiophene rings is 1. The Bertz CT molecular complexity index is 698. The number of benzene rings is 1. The van der Waals surface area contributed by atoms with Gasteiger partial charge in [-0.15, -0.1) is 10.2 Å². The van der Waals surface area contributed by atoms with Gasteiger partial charge < -0.3 is 5.11 Å². The molecule has 5 nitrogen and oxygen atoms in total. The Balaban J connectivity index is 1.75. The van der Waals surface area contributed by atoms with Crippen LogP contribution in [0.4, 0.5) is 0 Å². The standard InChI is InChI=1S/C13H11ClN4OS/c14-11-3-1-2-9(6-11)12(19)7-18-16-13(15-17-18)10-4-5-20-8-10/h1-6,8,12,19H,7H2/t12-/m1/s1. The summed E-state index contributed by atoms with van der Waals surface area (Å²) in [6, 6.07) is 9.03. The molecule has 1 atom stereocenters. The molecule has 102 valence electrons. The molecule has 0 bridgehead atoms. The molecule has 0 saturated heterocycles. The topological polar surface area (TPSA) is 63.8 Å². The molecule has 0 radical (unpaired) electrons. The van der Waals surface area contributed by atoms with Gasteiger partial charge in [0.25, 0.3) is 0 Å². The van der Waals surface area contributed by atoms with Crippen LogP contribution < -0.4 is 0 Å². The first-order valence-corrected chi connectivity index (χ1v) is 7.28. The quantitative estimate of drug-likeness (QED) is 0.805. The average Bonchev–Trinajstić information content (AvgIpc) is 3.08. The maximum absolute atomic E-state index is 10.2. The van der Waals surface area contributed by atoms with E-state index in [1.54, 1.807) is 29.5 Å². The van der Waals surface area contributed by atoms with Gasteiger partial charge >= 0.3 is 0 Å². The fourth-order valence-electron chi connectivity index (χ4n) is 1.80. The van der Waals surface area contributed by atoms with Crippen LogP contribution in [0.2, 0.25) is 5.02 Å². The number of aliphatic hydroxyl groups excluding tert-OH is 1. The molecule has 1 N–H and O–H groups in total. The maximum atomic E-state index is 10.2. The van der Waals surface area contributed by atoms with Crippen molar-refractivity contribution in [2.24, 2.45) is 0 Å². The summed E-state index contributed by atoms with van der Waals surface area (Å²) >= 11 is 7.48. The van der Waals surface area contributed by atoms with Gasteiger partial charge in [0.1, 0.15) is 6.10 Å². The van der Waals surface area contributed by atoms with Gasteiger partial charge in [0.15, 0.2) is 0 Å². The lowest BCUT2D eigenvalue weighted by Gasteiger charge is -2.09. The highest BCUT2D eigenvalue weighted by Gasteiger charge is 2.12. The number of aromatic nitrogens is 4. The summed E-state index contributed by atoms with van der Waals surface area (Å²) in [4.78, 5) is 1.39. The molecular formula is C13H11ClN4OS. The van der Waals surface area contributed by atoms with Gasteiger partial charge in [-0.3, -0.25) is 0 Å². The second-order valence-electron chi connectivity index (χ2n) is 4.25. The molecule has 0 unspecified atom stereocenters. The largest absolute Gasteiger partial charge is 0.386 e. The second-order valence-corrected chi connectivity index (χ2v) is 5.47. The minimum atomic E-state index is -0.724. The first-order chi connectivity index (χ1) is 9.72. The third-order valence-electron chi connectivity index (χ3n) is 2.80. The Labute approximate surface area is 124 Å². The molecule has 3 rings (SSSR count). The van der Waals surface area contributed by atoms with E-state index >= 15 is 0 Å². The van der Waals surface area contributed by atoms with Crippen molar-refractivity contribution in [3.8, 4) is 11.4 Å². The molecule has 0 saturated carbocycles. The summed E-state index contributed by atoms with van der Waals surface area (Å²) in [6.45, 7) is 0.234. The molecular weight excluding hydrogens is 296 g/mol. The lowest BCUT2D eigenvalue weighted by molar-refractivity contribution is 0.144. The first-order valence-electron chi connectivity index (χ1n) is 5.96. The van der Waals surface area contributed by atoms with Crippen molar-refractivity contribution in [2.45, 2.75) is 12.6 Å². The summed E-state index contributed by atoms with van der Waals surface area (Å²) in [5.41, 5.74) is 1.66. The van der Waals surface area contributed by atoms with Gasteiger partial charge in [0.2, 0.25) is 5.82 Å². The minimum absolute atomic E-state index is 0.234. The number of rotatable bonds is 4. The summed E-state index contributed by atoms with van der Waals surface area (Å²) < 4.78 is 0. The highest BCUT2D eigenvalue weighted by atomic mass is 35.5. The van der Waals surface area contributed by atoms with Crippen LogP contribution in [0.15, 0.2) is 41.1 Å². The van der Waals surface area contributed by atoms with Crippen LogP contribution in [0.25, 0.3) is 11.4 Å². The lowest BCUT2D eigenvalue weighted by Crippen LogP contribution is -2.11. The van der Waals surface area contributed by atoms with E-state index < -0.39 is 6.10 Å². The number of aliphatic hydroxyl groups is 1. The van der Waals surface area contributed by atoms with Gasteiger partial charge in [0.05, 0.1) is 6.54 Å². The van der Waals surface area contributed by atoms with Crippen molar-refractivity contribution < 1.29 is 5.11 Å². The van der Waals surface area contributed by atoms with Crippen molar-refractivity contribution in [1.29, 1.82) is 0 Å². The summed E-state index contributed by atoms with van der Waals surface area (Å²) in [6.07, 6.45) is -0.724. The number of hydrogen-bond acceptors (Lipinski definition) is 5. The zero-order valence-electron chi connectivity index (χ0n) is 10.3. The SMILES string of the molecule is O[C@H](Cn1nnc(-c2ccsc2)n1)c1cccc(Cl)c1. The van der Waals surface area contributed by atoms with E-state index in [4.69, 9.17) is 11.6 Å². The minimum Gasteiger partial charge on any atom is -0.386 e. The molecule has 20 heavy (non-hydrogen) atoms. The van der Waals surface area contributed by atoms with E-state index in [2.05, 4.69) is 15.4 Å². The summed E-state index contributed by atoms with van der Waals surface area (Å²) in [5.74, 6) is 0.560. The van der Waals surface area contributed by atoms with Crippen LogP contribution in [0, 0.1) is 0 Å². The Kier molecular flexibility index (Phi) is 3.77. The first kappa shape index (κ1) is 13.2. The van der Waals surface area contributed by atoms with Crippen LogP contribution in [0.1, 0.15) is 11.7 Å². The van der Waals surface area contributed by atoms with Gasteiger partial charge in [-0.2, -0.15) is 16.1 Å². The number of tetrazole rings is 1. The predicted molar refractivity (Wildman–Crippen MR) is 77.5 cm³/mol. The highest BCUT2D eigenvalue weighted by Crippen LogP contribution is 2.20. The van der Waals surface area contributed by atoms with Crippen molar-refractivity contribution in [3.63, 3.8) is 0 Å². The van der Waals surface area contributed by atoms with E-state index in [-0.39, 0.29) is 6.54 Å². The van der Waals surface area contributed by atoms with Gasteiger partial charge in [0, 0.05) is 16.0 Å². The zero-order valence-corrected chi connectivity index (χ0v) is 11.9. The molecule has 0 amide bonds. The highest BCUT2D eigenvalue weighted by molar-refractivity contribution is 7.08. The Morgan fingerprint density at radius 1 is 1.35 bits per heavy atom. The molecule has 7 heteroatoms. The summed E-state index contributed by atoms with van der Waals surface area (Å²) in [5, 5.41) is 26.8. The van der Waals surface area contributed by atoms with Gasteiger partial charge in [-0.1, -0.05) is 23.7 Å². The zero-order chi connectivity index (χ0) is 13.9. The normalized spacial score (nSPS) is 12.5. The molecule has 1 aromatic carbocycles. The molecule has 3 aromatic rings. The Morgan fingerprint density at radius 3 is 3.00 bits per heavy atom. The number of halogens is 1. The van der Waals surface area contributed by atoms with Crippen LogP contribution in [0.5, 0.6) is 0 Å². The molecule has 0 aliphatic carbocycles. The number of hydrogen-bond donors (Lipinski definition) is 1. The van der Waals surface area contributed by atoms with E-state index in [1.807, 2.05) is 22.9 Å². The Hall–Kier alpha value is -1.76. The lowest BCUT2D eigenvalue weighted by atomic mass is 10.1. The van der Waals surface area contributed by atoms with Gasteiger partial charge in [-0.25, -0.2) is 0 Å². The van der Waals surface area contributed by atoms with Crippen LogP contribution in [0.3, 0.4) is 0 Å². The van der Waals surface area contributed by atoms with Crippen molar-refractivity contribution in [2.75, 3.05) is 0 Å². The third kappa shape index (κ3) is 2.87. The Morgan fingerprint density at radius 2 is 2.25 bits per heavy atom. The van der Waals surface area contributed by atoms with E-state index in [1.165, 1.54) is 4.80 Å². The molecule has 0 aliphatic rings. The molecule has 0 spiro atoms. The van der Waals surface area contributed by atoms with E-state index in [0.29, 0.717) is 10.8 Å². The monoisotopic (exact) mass is 306 g/mol. The van der Waals surface area contributed by atoms with E-state index in [0.717, 1.165) is 11.1 Å². The fourth-order valence-corrected chi connectivity index (χ4v) is 2.63. The van der Waals surface area contributed by atoms with E-state index in [9.17, 15) is 5.11 Å². The number of nitrogens with zero attached hydrogens (tertiary/aromatic N) is 4. The smallest absolute Gasteiger partial charge is 0.205 e. The average molecular weight is 307 g/mol. The van der Waals surface area contributed by atoms with Crippen molar-refractivity contribution in [1.82, 2.24) is 20.2 Å². The van der Waals surface area contributed by atoms with Crippen molar-refractivity contribution >= 4 is 22.9 Å². The maximum Gasteiger partial charge on any atom is 0.205 e. The molecule has 0 aliphatic heterocycles. The fraction of sp³-hybridized carbons (Fsp3) is 0.154. The second kappa shape index (κ2) is 5.70. The molecule has 2 aromatic heterocycles. The van der Waals surface area contributed by atoms with Crippen LogP contribution in [-0.2, 0) is 6.54 Å². The predicted octanol–water partition coefficient (Wildman–Crippen LogP) is 2.79. The van der Waals surface area contributed by atoms with Gasteiger partial charge in [-0.05, 0) is 34.4 Å².